The molecule has 0 radical (unpaired) electrons. The number of amides is 1. The Balaban J connectivity index is 1.40. The van der Waals surface area contributed by atoms with Crippen molar-refractivity contribution in [3.63, 3.8) is 0 Å². The van der Waals surface area contributed by atoms with Crippen LogP contribution in [-0.4, -0.2) is 24.6 Å². The molecule has 0 spiro atoms. The largest absolute Gasteiger partial charge is 0.457 e. The fraction of sp³-hybridized carbons (Fsp3) is 0.182. The number of aromatic nitrogens is 4. The molecule has 4 aromatic rings. The summed E-state index contributed by atoms with van der Waals surface area (Å²) in [5.41, 5.74) is 0.266. The molecule has 1 N–H and O–H groups in total. The van der Waals surface area contributed by atoms with Crippen LogP contribution in [0.15, 0.2) is 64.4 Å². The van der Waals surface area contributed by atoms with E-state index >= 15 is 0 Å². The molecule has 0 atom stereocenters. The molecule has 2 aromatic heterocycles. The van der Waals surface area contributed by atoms with Gasteiger partial charge in [-0.1, -0.05) is 12.1 Å². The Hall–Kier alpha value is -4.21. The van der Waals surface area contributed by atoms with Crippen molar-refractivity contribution >= 4 is 17.1 Å². The normalized spacial score (nSPS) is 11.0. The van der Waals surface area contributed by atoms with Crippen molar-refractivity contribution < 1.29 is 13.9 Å². The van der Waals surface area contributed by atoms with E-state index in [1.54, 1.807) is 24.3 Å². The molecule has 1 amide bonds. The summed E-state index contributed by atoms with van der Waals surface area (Å²) in [7, 11) is 2.90. The van der Waals surface area contributed by atoms with Crippen LogP contribution >= 0.6 is 0 Å². The highest BCUT2D eigenvalue weighted by molar-refractivity contribution is 5.78. The highest BCUT2D eigenvalue weighted by Gasteiger charge is 2.15. The second-order valence-electron chi connectivity index (χ2n) is 7.23. The Kier molecular flexibility index (Phi) is 5.59. The van der Waals surface area contributed by atoms with E-state index in [4.69, 9.17) is 4.74 Å². The lowest BCUT2D eigenvalue weighted by atomic mass is 10.2. The predicted octanol–water partition coefficient (Wildman–Crippen LogP) is 1.68. The topological polar surface area (TPSA) is 100 Å². The van der Waals surface area contributed by atoms with Gasteiger partial charge in [-0.05, 0) is 42.0 Å². The molecule has 2 heterocycles. The van der Waals surface area contributed by atoms with Crippen molar-refractivity contribution in [1.29, 1.82) is 0 Å². The van der Waals surface area contributed by atoms with E-state index in [2.05, 4.69) is 10.3 Å². The van der Waals surface area contributed by atoms with Crippen molar-refractivity contribution in [2.75, 3.05) is 0 Å². The summed E-state index contributed by atoms with van der Waals surface area (Å²) in [6, 6.07) is 12.8. The number of nitrogens with one attached hydrogen (secondary N) is 1. The second-order valence-corrected chi connectivity index (χ2v) is 7.23. The fourth-order valence-electron chi connectivity index (χ4n) is 3.24. The number of imidazole rings is 1. The van der Waals surface area contributed by atoms with E-state index in [-0.39, 0.29) is 36.0 Å². The van der Waals surface area contributed by atoms with E-state index in [1.165, 1.54) is 53.8 Å². The smallest absolute Gasteiger partial charge is 0.332 e. The number of carbonyl (C=O) groups excluding carboxylic acids is 1. The number of hydrogen-bond acceptors (Lipinski definition) is 5. The minimum absolute atomic E-state index is 0.115. The summed E-state index contributed by atoms with van der Waals surface area (Å²) in [5.74, 6) is 0.449. The van der Waals surface area contributed by atoms with Crippen molar-refractivity contribution in [1.82, 2.24) is 24.0 Å². The molecular formula is C22H20FN5O4. The monoisotopic (exact) mass is 437 g/mol. The van der Waals surface area contributed by atoms with E-state index in [0.717, 1.165) is 10.1 Å². The van der Waals surface area contributed by atoms with Gasteiger partial charge in [-0.2, -0.15) is 0 Å². The molecule has 0 fully saturated rings. The molecule has 0 unspecified atom stereocenters. The predicted molar refractivity (Wildman–Crippen MR) is 115 cm³/mol. The van der Waals surface area contributed by atoms with E-state index in [1.807, 2.05) is 0 Å². The average molecular weight is 437 g/mol. The maximum atomic E-state index is 13.0. The zero-order chi connectivity index (χ0) is 22.8. The van der Waals surface area contributed by atoms with Crippen molar-refractivity contribution in [3.05, 3.63) is 87.1 Å². The molecule has 164 valence electrons. The summed E-state index contributed by atoms with van der Waals surface area (Å²) in [6.07, 6.45) is 1.37. The number of aryl methyl sites for hydroxylation is 1. The number of nitrogens with zero attached hydrogens (tertiary/aromatic N) is 4. The molecule has 0 saturated heterocycles. The van der Waals surface area contributed by atoms with Crippen molar-refractivity contribution in [2.24, 2.45) is 14.1 Å². The molecule has 32 heavy (non-hydrogen) atoms. The number of carbonyl (C=O) groups is 1. The lowest BCUT2D eigenvalue weighted by molar-refractivity contribution is -0.121. The average Bonchev–Trinajstić information content (AvgIpc) is 3.21. The zero-order valence-electron chi connectivity index (χ0n) is 17.4. The van der Waals surface area contributed by atoms with Crippen LogP contribution in [0, 0.1) is 5.82 Å². The van der Waals surface area contributed by atoms with Gasteiger partial charge in [0.05, 0.1) is 6.33 Å². The van der Waals surface area contributed by atoms with E-state index < -0.39 is 11.2 Å². The quantitative estimate of drug-likeness (QED) is 0.495. The number of hydrogen-bond donors (Lipinski definition) is 1. The van der Waals surface area contributed by atoms with Gasteiger partial charge in [0.1, 0.15) is 23.9 Å². The van der Waals surface area contributed by atoms with Crippen LogP contribution in [0.5, 0.6) is 11.5 Å². The van der Waals surface area contributed by atoms with Crippen LogP contribution in [0.25, 0.3) is 11.2 Å². The Morgan fingerprint density at radius 2 is 1.62 bits per heavy atom. The van der Waals surface area contributed by atoms with Gasteiger partial charge in [0.25, 0.3) is 5.56 Å². The molecule has 0 aliphatic heterocycles. The van der Waals surface area contributed by atoms with Crippen LogP contribution in [-0.2, 0) is 32.0 Å². The number of ether oxygens (including phenoxy) is 1. The van der Waals surface area contributed by atoms with Gasteiger partial charge in [0.2, 0.25) is 5.91 Å². The Labute approximate surface area is 181 Å². The van der Waals surface area contributed by atoms with Gasteiger partial charge in [0, 0.05) is 20.6 Å². The van der Waals surface area contributed by atoms with E-state index in [9.17, 15) is 18.8 Å². The number of rotatable bonds is 6. The van der Waals surface area contributed by atoms with Gasteiger partial charge in [-0.3, -0.25) is 18.7 Å². The minimum Gasteiger partial charge on any atom is -0.457 e. The van der Waals surface area contributed by atoms with Crippen molar-refractivity contribution in [3.8, 4) is 11.5 Å². The lowest BCUT2D eigenvalue weighted by Gasteiger charge is -2.09. The van der Waals surface area contributed by atoms with Crippen LogP contribution in [0.1, 0.15) is 5.56 Å². The standard InChI is InChI=1S/C22H20FN5O4/c1-26-20-19(21(30)27(2)22(26)31)28(13-25-20)12-18(29)24-11-14-3-7-16(8-4-14)32-17-9-5-15(23)6-10-17/h3-10,13H,11-12H2,1-2H3,(H,24,29). The molecule has 9 nitrogen and oxygen atoms in total. The van der Waals surface area contributed by atoms with Crippen LogP contribution in [0.3, 0.4) is 0 Å². The lowest BCUT2D eigenvalue weighted by Crippen LogP contribution is -2.38. The van der Waals surface area contributed by atoms with Crippen LogP contribution in [0.4, 0.5) is 4.39 Å². The fourth-order valence-corrected chi connectivity index (χ4v) is 3.24. The third kappa shape index (κ3) is 4.15. The van der Waals surface area contributed by atoms with E-state index in [0.29, 0.717) is 11.5 Å². The van der Waals surface area contributed by atoms with Gasteiger partial charge in [-0.25, -0.2) is 14.2 Å². The highest BCUT2D eigenvalue weighted by atomic mass is 19.1. The van der Waals surface area contributed by atoms with Gasteiger partial charge >= 0.3 is 5.69 Å². The Bertz CT molecular complexity index is 1400. The van der Waals surface area contributed by atoms with Gasteiger partial charge in [-0.15, -0.1) is 0 Å². The summed E-state index contributed by atoms with van der Waals surface area (Å²) in [6.45, 7) is 0.161. The zero-order valence-corrected chi connectivity index (χ0v) is 17.4. The Morgan fingerprint density at radius 3 is 2.28 bits per heavy atom. The first-order chi connectivity index (χ1) is 15.3. The molecular weight excluding hydrogens is 417 g/mol. The SMILES string of the molecule is Cn1c(=O)c2c(ncn2CC(=O)NCc2ccc(Oc3ccc(F)cc3)cc2)n(C)c1=O. The Morgan fingerprint density at radius 1 is 1.00 bits per heavy atom. The summed E-state index contributed by atoms with van der Waals surface area (Å²) >= 11 is 0. The number of halogens is 1. The highest BCUT2D eigenvalue weighted by Crippen LogP contribution is 2.21. The third-order valence-electron chi connectivity index (χ3n) is 4.99. The maximum Gasteiger partial charge on any atom is 0.332 e. The van der Waals surface area contributed by atoms with Gasteiger partial charge < -0.3 is 14.6 Å². The molecule has 2 aromatic carbocycles. The van der Waals surface area contributed by atoms with Crippen molar-refractivity contribution in [2.45, 2.75) is 13.1 Å². The molecule has 10 heteroatoms. The third-order valence-corrected chi connectivity index (χ3v) is 4.99. The second kappa shape index (κ2) is 8.50. The van der Waals surface area contributed by atoms with Crippen LogP contribution in [0.2, 0.25) is 0 Å². The molecule has 4 rings (SSSR count). The summed E-state index contributed by atoms with van der Waals surface area (Å²) in [5, 5.41) is 2.79. The molecule has 0 aliphatic carbocycles. The van der Waals surface area contributed by atoms with Crippen LogP contribution < -0.4 is 21.3 Å². The summed E-state index contributed by atoms with van der Waals surface area (Å²) < 4.78 is 22.3. The first kappa shape index (κ1) is 21.0. The molecule has 0 aliphatic rings. The minimum atomic E-state index is -0.509. The maximum absolute atomic E-state index is 13.0. The molecule has 0 bridgehead atoms. The summed E-state index contributed by atoms with van der Waals surface area (Å²) in [4.78, 5) is 41.0. The first-order valence-corrected chi connectivity index (χ1v) is 9.73. The van der Waals surface area contributed by atoms with Gasteiger partial charge in [0.15, 0.2) is 11.2 Å². The number of benzene rings is 2. The number of fused-ring (bicyclic) bond motifs is 1. The molecule has 0 saturated carbocycles. The first-order valence-electron chi connectivity index (χ1n) is 9.73.